The average molecular weight is 374 g/mol. The van der Waals surface area contributed by atoms with E-state index in [-0.39, 0.29) is 36.3 Å². The first kappa shape index (κ1) is 19.6. The van der Waals surface area contributed by atoms with Gasteiger partial charge in [0.05, 0.1) is 6.54 Å². The molecule has 1 aromatic rings. The Morgan fingerprint density at radius 1 is 1.24 bits per heavy atom. The normalized spacial score (nSPS) is 24.2. The molecule has 1 unspecified atom stereocenters. The highest BCUT2D eigenvalue weighted by Gasteiger charge is 2.54. The summed E-state index contributed by atoms with van der Waals surface area (Å²) in [7, 11) is 0. The summed E-state index contributed by atoms with van der Waals surface area (Å²) < 4.78 is 27.3. The number of hydrogen-bond acceptors (Lipinski definition) is 3. The van der Waals surface area contributed by atoms with Gasteiger partial charge in [0.15, 0.2) is 11.6 Å². The van der Waals surface area contributed by atoms with Crippen LogP contribution in [0.5, 0.6) is 0 Å². The van der Waals surface area contributed by atoms with Crippen molar-refractivity contribution in [3.8, 4) is 0 Å². The van der Waals surface area contributed by atoms with E-state index in [0.717, 1.165) is 36.9 Å². The molecule has 2 heterocycles. The molecule has 0 saturated carbocycles. The fraction of sp³-hybridized carbons (Fsp3) is 0.529. The highest BCUT2D eigenvalue weighted by molar-refractivity contribution is 6.07. The SMILES string of the molecule is CCC1(C2CCNCC2)NC(=O)N(Cc2cccc(F)c2F)C1=O.Cl. The minimum Gasteiger partial charge on any atom is -0.323 e. The minimum atomic E-state index is -1.02. The molecule has 2 N–H and O–H groups in total. The molecule has 2 aliphatic rings. The Kier molecular flexibility index (Phi) is 6.00. The van der Waals surface area contributed by atoms with Crippen LogP contribution in [0.4, 0.5) is 13.6 Å². The molecule has 138 valence electrons. The van der Waals surface area contributed by atoms with Gasteiger partial charge in [-0.25, -0.2) is 13.6 Å². The molecular weight excluding hydrogens is 352 g/mol. The lowest BCUT2D eigenvalue weighted by molar-refractivity contribution is -0.134. The maximum atomic E-state index is 13.9. The van der Waals surface area contributed by atoms with Gasteiger partial charge in [0.2, 0.25) is 0 Å². The smallest absolute Gasteiger partial charge is 0.323 e. The summed E-state index contributed by atoms with van der Waals surface area (Å²) in [5.41, 5.74) is -0.945. The van der Waals surface area contributed by atoms with E-state index in [1.54, 1.807) is 0 Å². The third-order valence-electron chi connectivity index (χ3n) is 5.16. The first-order chi connectivity index (χ1) is 11.5. The number of nitrogens with one attached hydrogen (secondary N) is 2. The summed E-state index contributed by atoms with van der Waals surface area (Å²) in [6.07, 6.45) is 2.06. The number of rotatable bonds is 4. The van der Waals surface area contributed by atoms with Gasteiger partial charge in [-0.2, -0.15) is 0 Å². The number of halogens is 3. The van der Waals surface area contributed by atoms with Crippen molar-refractivity contribution in [2.75, 3.05) is 13.1 Å². The number of nitrogens with zero attached hydrogens (tertiary/aromatic N) is 1. The quantitative estimate of drug-likeness (QED) is 0.797. The van der Waals surface area contributed by atoms with Crippen LogP contribution < -0.4 is 10.6 Å². The van der Waals surface area contributed by atoms with Crippen LogP contribution >= 0.6 is 12.4 Å². The van der Waals surface area contributed by atoms with E-state index >= 15 is 0 Å². The third kappa shape index (κ3) is 3.35. The molecule has 0 spiro atoms. The zero-order chi connectivity index (χ0) is 17.3. The molecule has 0 bridgehead atoms. The first-order valence-corrected chi connectivity index (χ1v) is 8.27. The summed E-state index contributed by atoms with van der Waals surface area (Å²) in [6.45, 7) is 3.20. The van der Waals surface area contributed by atoms with E-state index in [4.69, 9.17) is 0 Å². The molecule has 8 heteroatoms. The molecule has 25 heavy (non-hydrogen) atoms. The van der Waals surface area contributed by atoms with E-state index in [2.05, 4.69) is 10.6 Å². The number of piperidine rings is 1. The van der Waals surface area contributed by atoms with Crippen LogP contribution in [0.15, 0.2) is 18.2 Å². The highest BCUT2D eigenvalue weighted by Crippen LogP contribution is 2.35. The Labute approximate surface area is 151 Å². The van der Waals surface area contributed by atoms with E-state index in [0.29, 0.717) is 6.42 Å². The number of carbonyl (C=O) groups is 2. The second-order valence-corrected chi connectivity index (χ2v) is 6.38. The lowest BCUT2D eigenvalue weighted by Gasteiger charge is -2.37. The van der Waals surface area contributed by atoms with Gasteiger partial charge < -0.3 is 10.6 Å². The van der Waals surface area contributed by atoms with E-state index in [1.807, 2.05) is 6.92 Å². The van der Waals surface area contributed by atoms with E-state index in [1.165, 1.54) is 12.1 Å². The highest BCUT2D eigenvalue weighted by atomic mass is 35.5. The Morgan fingerprint density at radius 3 is 2.56 bits per heavy atom. The molecule has 2 fully saturated rings. The zero-order valence-corrected chi connectivity index (χ0v) is 14.8. The van der Waals surface area contributed by atoms with Crippen molar-refractivity contribution in [2.24, 2.45) is 5.92 Å². The van der Waals surface area contributed by atoms with Crippen LogP contribution in [0.25, 0.3) is 0 Å². The zero-order valence-electron chi connectivity index (χ0n) is 14.0. The molecule has 0 aliphatic carbocycles. The first-order valence-electron chi connectivity index (χ1n) is 8.27. The maximum Gasteiger partial charge on any atom is 0.325 e. The van der Waals surface area contributed by atoms with Crippen molar-refractivity contribution in [2.45, 2.75) is 38.3 Å². The van der Waals surface area contributed by atoms with Gasteiger partial charge >= 0.3 is 6.03 Å². The van der Waals surface area contributed by atoms with Crippen molar-refractivity contribution < 1.29 is 18.4 Å². The Morgan fingerprint density at radius 2 is 1.92 bits per heavy atom. The number of amides is 3. The maximum absolute atomic E-state index is 13.9. The molecule has 2 aliphatic heterocycles. The summed E-state index contributed by atoms with van der Waals surface area (Å²) in [6, 6.07) is 3.22. The van der Waals surface area contributed by atoms with E-state index < -0.39 is 23.2 Å². The second kappa shape index (κ2) is 7.66. The lowest BCUT2D eigenvalue weighted by atomic mass is 9.76. The van der Waals surface area contributed by atoms with Crippen molar-refractivity contribution in [3.63, 3.8) is 0 Å². The van der Waals surface area contributed by atoms with Crippen molar-refractivity contribution in [1.82, 2.24) is 15.5 Å². The monoisotopic (exact) mass is 373 g/mol. The van der Waals surface area contributed by atoms with E-state index in [9.17, 15) is 18.4 Å². The van der Waals surface area contributed by atoms with Gasteiger partial charge in [-0.05, 0) is 44.3 Å². The van der Waals surface area contributed by atoms with Crippen LogP contribution in [0.1, 0.15) is 31.7 Å². The van der Waals surface area contributed by atoms with Gasteiger partial charge in [0.1, 0.15) is 5.54 Å². The second-order valence-electron chi connectivity index (χ2n) is 6.38. The molecule has 3 amide bonds. The summed E-state index contributed by atoms with van der Waals surface area (Å²) in [5.74, 6) is -2.30. The standard InChI is InChI=1S/C17H21F2N3O2.ClH/c1-2-17(12-6-8-20-9-7-12)15(23)22(16(24)21-17)10-11-4-3-5-13(18)14(11)19;/h3-5,12,20H,2,6-10H2,1H3,(H,21,24);1H. The number of hydrogen-bond donors (Lipinski definition) is 2. The molecule has 1 atom stereocenters. The summed E-state index contributed by atoms with van der Waals surface area (Å²) >= 11 is 0. The fourth-order valence-corrected chi connectivity index (χ4v) is 3.75. The third-order valence-corrected chi connectivity index (χ3v) is 5.16. The van der Waals surface area contributed by atoms with Crippen LogP contribution in [-0.4, -0.2) is 35.5 Å². The Hall–Kier alpha value is -1.73. The Bertz CT molecular complexity index is 667. The fourth-order valence-electron chi connectivity index (χ4n) is 3.75. The molecule has 1 aromatic carbocycles. The number of urea groups is 1. The van der Waals surface area contributed by atoms with Crippen LogP contribution in [0.3, 0.4) is 0 Å². The number of imide groups is 1. The summed E-state index contributed by atoms with van der Waals surface area (Å²) in [4.78, 5) is 26.3. The molecular formula is C17H22ClF2N3O2. The Balaban J connectivity index is 0.00000225. The summed E-state index contributed by atoms with van der Waals surface area (Å²) in [5, 5.41) is 6.08. The molecule has 0 radical (unpaired) electrons. The van der Waals surface area contributed by atoms with Gasteiger partial charge in [0, 0.05) is 5.56 Å². The predicted molar refractivity (Wildman–Crippen MR) is 91.3 cm³/mol. The van der Waals surface area contributed by atoms with Crippen molar-refractivity contribution in [1.29, 1.82) is 0 Å². The largest absolute Gasteiger partial charge is 0.325 e. The number of carbonyl (C=O) groups excluding carboxylic acids is 2. The molecule has 3 rings (SSSR count). The van der Waals surface area contributed by atoms with Gasteiger partial charge in [-0.3, -0.25) is 9.69 Å². The van der Waals surface area contributed by atoms with Gasteiger partial charge in [0.25, 0.3) is 5.91 Å². The van der Waals surface area contributed by atoms with Gasteiger partial charge in [-0.1, -0.05) is 19.1 Å². The predicted octanol–water partition coefficient (Wildman–Crippen LogP) is 2.59. The molecule has 2 saturated heterocycles. The van der Waals surface area contributed by atoms with Gasteiger partial charge in [-0.15, -0.1) is 12.4 Å². The minimum absolute atomic E-state index is 0. The lowest BCUT2D eigenvalue weighted by Crippen LogP contribution is -2.55. The van der Waals surface area contributed by atoms with Crippen LogP contribution in [-0.2, 0) is 11.3 Å². The van der Waals surface area contributed by atoms with Crippen molar-refractivity contribution in [3.05, 3.63) is 35.4 Å². The number of benzene rings is 1. The van der Waals surface area contributed by atoms with Crippen molar-refractivity contribution >= 4 is 24.3 Å². The molecule has 0 aromatic heterocycles. The van der Waals surface area contributed by atoms with Crippen LogP contribution in [0.2, 0.25) is 0 Å². The molecule has 5 nitrogen and oxygen atoms in total. The average Bonchev–Trinajstić information content (AvgIpc) is 2.84. The topological polar surface area (TPSA) is 61.4 Å². The van der Waals surface area contributed by atoms with Crippen LogP contribution in [0, 0.1) is 17.6 Å².